The van der Waals surface area contributed by atoms with Gasteiger partial charge in [0.15, 0.2) is 0 Å². The second kappa shape index (κ2) is 71.2. The number of allylic oxidation sites excluding steroid dienone is 11. The topological polar surface area (TPSA) is 114 Å². The largest absolute Gasteiger partial charge is 0.756 e. The molecule has 10 heteroatoms. The zero-order valence-corrected chi connectivity index (χ0v) is 62.7. The standard InChI is InChI=1S/C82H153N2O7P/c1-7-10-13-16-19-22-25-28-30-32-34-36-38-40-42-44-46-48-50-52-54-56-59-62-65-68-71-74-81(85)83-79(78-90-92(87,88)89-77-76-84(4,5)6)80(73-70-67-64-61-58-27-24-21-18-15-12-9-3)91-82(86)75-72-69-66-63-60-57-55-53-51-49-47-45-43-41-39-37-35-33-31-29-26-23-20-17-14-11-8-2/h10,13,19,22,28,30,34,36,40,42,70,73,79-80H,7-9,11-12,14-18,20-21,23-27,29,31-33,35,37-39,41,43-69,71-72,74-78H2,1-6H3,(H-,83,85,87,88)/b13-10-,22-19-,30-28-,36-34-,42-40-,73-70+. The number of quaternary nitrogens is 1. The minimum Gasteiger partial charge on any atom is -0.756 e. The zero-order valence-electron chi connectivity index (χ0n) is 61.8. The lowest BCUT2D eigenvalue weighted by Gasteiger charge is -2.30. The maximum atomic E-state index is 13.6. The van der Waals surface area contributed by atoms with Crippen molar-refractivity contribution < 1.29 is 37.3 Å². The minimum absolute atomic E-state index is 0.0227. The van der Waals surface area contributed by atoms with Crippen LogP contribution in [0.4, 0.5) is 0 Å². The van der Waals surface area contributed by atoms with E-state index in [0.717, 1.165) is 96.3 Å². The molecule has 1 amide bonds. The van der Waals surface area contributed by atoms with Crippen LogP contribution in [0.25, 0.3) is 0 Å². The molecule has 3 atom stereocenters. The van der Waals surface area contributed by atoms with Gasteiger partial charge in [0.25, 0.3) is 7.82 Å². The third-order valence-corrected chi connectivity index (χ3v) is 18.9. The number of hydrogen-bond acceptors (Lipinski definition) is 7. The fraction of sp³-hybridized carbons (Fsp3) is 0.829. The number of likely N-dealkylation sites (N-methyl/N-ethyl adjacent to an activating group) is 1. The smallest absolute Gasteiger partial charge is 0.306 e. The number of hydrogen-bond donors (Lipinski definition) is 1. The van der Waals surface area contributed by atoms with Gasteiger partial charge in [-0.15, -0.1) is 0 Å². The molecule has 0 fully saturated rings. The highest BCUT2D eigenvalue weighted by atomic mass is 31.2. The van der Waals surface area contributed by atoms with Crippen LogP contribution < -0.4 is 10.2 Å². The Morgan fingerprint density at radius 1 is 0.391 bits per heavy atom. The summed E-state index contributed by atoms with van der Waals surface area (Å²) in [4.78, 5) is 40.3. The molecule has 92 heavy (non-hydrogen) atoms. The number of nitrogens with zero attached hydrogens (tertiary/aromatic N) is 1. The number of amides is 1. The van der Waals surface area contributed by atoms with E-state index in [1.54, 1.807) is 0 Å². The summed E-state index contributed by atoms with van der Waals surface area (Å²) >= 11 is 0. The average molecular weight is 1310 g/mol. The Morgan fingerprint density at radius 3 is 1.04 bits per heavy atom. The summed E-state index contributed by atoms with van der Waals surface area (Å²) in [5.74, 6) is -0.527. The molecule has 0 heterocycles. The summed E-state index contributed by atoms with van der Waals surface area (Å²) in [6.07, 6.45) is 94.8. The van der Waals surface area contributed by atoms with Gasteiger partial charge in [-0.2, -0.15) is 0 Å². The molecule has 0 saturated heterocycles. The highest BCUT2D eigenvalue weighted by molar-refractivity contribution is 7.45. The number of esters is 1. The van der Waals surface area contributed by atoms with Crippen molar-refractivity contribution >= 4 is 19.7 Å². The molecule has 3 unspecified atom stereocenters. The van der Waals surface area contributed by atoms with Crippen molar-refractivity contribution in [2.24, 2.45) is 0 Å². The van der Waals surface area contributed by atoms with Crippen LogP contribution in [0.3, 0.4) is 0 Å². The van der Waals surface area contributed by atoms with E-state index in [4.69, 9.17) is 13.8 Å². The summed E-state index contributed by atoms with van der Waals surface area (Å²) in [5.41, 5.74) is 0. The van der Waals surface area contributed by atoms with Crippen LogP contribution in [0, 0.1) is 0 Å². The highest BCUT2D eigenvalue weighted by Crippen LogP contribution is 2.38. The molecule has 0 aromatic rings. The van der Waals surface area contributed by atoms with Crippen LogP contribution in [0.5, 0.6) is 0 Å². The molecule has 0 aromatic heterocycles. The number of ether oxygens (including phenoxy) is 1. The van der Waals surface area contributed by atoms with Crippen LogP contribution in [-0.4, -0.2) is 69.4 Å². The first kappa shape index (κ1) is 89.5. The quantitative estimate of drug-likeness (QED) is 0.0212. The predicted octanol–water partition coefficient (Wildman–Crippen LogP) is 25.2. The van der Waals surface area contributed by atoms with E-state index in [-0.39, 0.29) is 31.5 Å². The number of unbranched alkanes of at least 4 members (excludes halogenated alkanes) is 47. The molecule has 0 aliphatic carbocycles. The van der Waals surface area contributed by atoms with Gasteiger partial charge < -0.3 is 28.5 Å². The monoisotopic (exact) mass is 1310 g/mol. The molecular weight excluding hydrogens is 1160 g/mol. The molecule has 0 aliphatic rings. The summed E-state index contributed by atoms with van der Waals surface area (Å²) in [6, 6.07) is -0.892. The first-order chi connectivity index (χ1) is 44.9. The normalized spacial score (nSPS) is 13.8. The van der Waals surface area contributed by atoms with Crippen molar-refractivity contribution in [3.8, 4) is 0 Å². The number of phosphoric acid groups is 1. The Morgan fingerprint density at radius 2 is 0.696 bits per heavy atom. The van der Waals surface area contributed by atoms with Crippen LogP contribution >= 0.6 is 7.82 Å². The van der Waals surface area contributed by atoms with E-state index in [1.807, 2.05) is 33.3 Å². The first-order valence-electron chi connectivity index (χ1n) is 39.7. The van der Waals surface area contributed by atoms with Crippen molar-refractivity contribution in [1.82, 2.24) is 5.32 Å². The second-order valence-electron chi connectivity index (χ2n) is 28.2. The molecule has 0 bridgehead atoms. The number of carbonyl (C=O) groups excluding carboxylic acids is 2. The summed E-state index contributed by atoms with van der Waals surface area (Å²) in [6.45, 7) is 6.79. The maximum Gasteiger partial charge on any atom is 0.306 e. The van der Waals surface area contributed by atoms with Crippen LogP contribution in [0.2, 0.25) is 0 Å². The lowest BCUT2D eigenvalue weighted by molar-refractivity contribution is -0.870. The van der Waals surface area contributed by atoms with Gasteiger partial charge in [-0.1, -0.05) is 370 Å². The molecule has 1 N–H and O–H groups in total. The summed E-state index contributed by atoms with van der Waals surface area (Å²) in [5, 5.41) is 3.05. The number of carbonyl (C=O) groups is 2. The van der Waals surface area contributed by atoms with Crippen molar-refractivity contribution in [2.45, 2.75) is 399 Å². The van der Waals surface area contributed by atoms with Crippen LogP contribution in [0.15, 0.2) is 72.9 Å². The molecule has 9 nitrogen and oxygen atoms in total. The number of phosphoric ester groups is 1. The Kier molecular flexibility index (Phi) is 69.3. The number of rotatable bonds is 73. The van der Waals surface area contributed by atoms with Gasteiger partial charge in [-0.05, 0) is 76.7 Å². The second-order valence-corrected chi connectivity index (χ2v) is 29.6. The first-order valence-corrected chi connectivity index (χ1v) is 41.2. The fourth-order valence-electron chi connectivity index (χ4n) is 11.8. The molecule has 0 aromatic carbocycles. The third-order valence-electron chi connectivity index (χ3n) is 17.9. The lowest BCUT2D eigenvalue weighted by atomic mass is 10.0. The molecule has 0 rings (SSSR count). The van der Waals surface area contributed by atoms with Gasteiger partial charge in [0.2, 0.25) is 5.91 Å². The fourth-order valence-corrected chi connectivity index (χ4v) is 12.6. The van der Waals surface area contributed by atoms with E-state index in [9.17, 15) is 19.0 Å². The maximum absolute atomic E-state index is 13.6. The average Bonchev–Trinajstić information content (AvgIpc) is 3.69. The van der Waals surface area contributed by atoms with Gasteiger partial charge in [-0.25, -0.2) is 0 Å². The van der Waals surface area contributed by atoms with E-state index in [0.29, 0.717) is 17.4 Å². The molecule has 0 saturated carbocycles. The van der Waals surface area contributed by atoms with E-state index in [1.165, 1.54) is 257 Å². The molecule has 0 radical (unpaired) electrons. The summed E-state index contributed by atoms with van der Waals surface area (Å²) in [7, 11) is 1.19. The SMILES string of the molecule is CC/C=C\C/C=C\C/C=C\C/C=C\C/C=C\CCCCCCCCCCCCCC(=O)NC(COP(=O)([O-])OCC[N+](C)(C)C)C(/C=C/CCCCCCCCCCCC)OC(=O)CCCCCCCCCCCCCCCCCCCCCCCCCCCCC. The summed E-state index contributed by atoms with van der Waals surface area (Å²) < 4.78 is 30.5. The van der Waals surface area contributed by atoms with E-state index < -0.39 is 20.0 Å². The van der Waals surface area contributed by atoms with Crippen molar-refractivity contribution in [2.75, 3.05) is 40.9 Å². The van der Waals surface area contributed by atoms with Crippen LogP contribution in [-0.2, 0) is 27.9 Å². The van der Waals surface area contributed by atoms with Crippen molar-refractivity contribution in [3.05, 3.63) is 72.9 Å². The van der Waals surface area contributed by atoms with Crippen molar-refractivity contribution in [3.63, 3.8) is 0 Å². The minimum atomic E-state index is -4.71. The Bertz CT molecular complexity index is 1800. The molecule has 0 spiro atoms. The van der Waals surface area contributed by atoms with Crippen LogP contribution in [0.1, 0.15) is 387 Å². The molecule has 538 valence electrons. The highest BCUT2D eigenvalue weighted by Gasteiger charge is 2.27. The van der Waals surface area contributed by atoms with E-state index >= 15 is 0 Å². The Labute approximate surface area is 572 Å². The van der Waals surface area contributed by atoms with Gasteiger partial charge in [-0.3, -0.25) is 14.2 Å². The van der Waals surface area contributed by atoms with Gasteiger partial charge in [0, 0.05) is 12.8 Å². The van der Waals surface area contributed by atoms with Gasteiger partial charge >= 0.3 is 5.97 Å². The molecular formula is C82H153N2O7P. The third kappa shape index (κ3) is 71.7. The Hall–Kier alpha value is -2.55. The zero-order chi connectivity index (χ0) is 67.0. The number of nitrogens with one attached hydrogen (secondary N) is 1. The van der Waals surface area contributed by atoms with Gasteiger partial charge in [0.1, 0.15) is 19.3 Å². The van der Waals surface area contributed by atoms with E-state index in [2.05, 4.69) is 86.8 Å². The molecule has 0 aliphatic heterocycles. The van der Waals surface area contributed by atoms with Crippen molar-refractivity contribution in [1.29, 1.82) is 0 Å². The Balaban J connectivity index is 4.91. The predicted molar refractivity (Wildman–Crippen MR) is 399 cm³/mol. The lowest BCUT2D eigenvalue weighted by Crippen LogP contribution is -2.47. The van der Waals surface area contributed by atoms with Gasteiger partial charge in [0.05, 0.1) is 33.8 Å².